The van der Waals surface area contributed by atoms with Crippen LogP contribution in [0.5, 0.6) is 0 Å². The molecule has 136 valence electrons. The lowest BCUT2D eigenvalue weighted by atomic mass is 9.94. The van der Waals surface area contributed by atoms with Gasteiger partial charge in [-0.15, -0.1) is 0 Å². The van der Waals surface area contributed by atoms with E-state index in [2.05, 4.69) is 19.2 Å². The first kappa shape index (κ1) is 20.5. The molecule has 1 unspecified atom stereocenters. The average Bonchev–Trinajstić information content (AvgIpc) is 2.50. The zero-order valence-corrected chi connectivity index (χ0v) is 15.5. The van der Waals surface area contributed by atoms with Gasteiger partial charge in [0.1, 0.15) is 0 Å². The van der Waals surface area contributed by atoms with Crippen molar-refractivity contribution < 1.29 is 15.0 Å². The van der Waals surface area contributed by atoms with Gasteiger partial charge in [-0.05, 0) is 46.1 Å². The molecule has 1 rings (SSSR count). The maximum absolute atomic E-state index is 11.9. The lowest BCUT2D eigenvalue weighted by molar-refractivity contribution is 0.00703. The van der Waals surface area contributed by atoms with Crippen molar-refractivity contribution in [2.24, 2.45) is 0 Å². The van der Waals surface area contributed by atoms with Crippen molar-refractivity contribution >= 4 is 6.09 Å². The van der Waals surface area contributed by atoms with Gasteiger partial charge >= 0.3 is 6.09 Å². The summed E-state index contributed by atoms with van der Waals surface area (Å²) in [6.45, 7) is 10.1. The van der Waals surface area contributed by atoms with Crippen LogP contribution in [-0.4, -0.2) is 51.5 Å². The third kappa shape index (κ3) is 6.13. The lowest BCUT2D eigenvalue weighted by Crippen LogP contribution is -2.58. The number of hydrogen-bond donors (Lipinski definition) is 3. The first-order chi connectivity index (χ1) is 11.2. The molecule has 1 aromatic rings. The molecule has 0 bridgehead atoms. The van der Waals surface area contributed by atoms with Crippen molar-refractivity contribution in [2.75, 3.05) is 6.54 Å². The molecule has 1 aromatic carbocycles. The van der Waals surface area contributed by atoms with Crippen LogP contribution in [0.3, 0.4) is 0 Å². The number of carboxylic acid groups (broad SMARTS) is 1. The largest absolute Gasteiger partial charge is 0.465 e. The summed E-state index contributed by atoms with van der Waals surface area (Å²) in [6.07, 6.45) is -0.355. The summed E-state index contributed by atoms with van der Waals surface area (Å²) in [5.74, 6) is 0. The molecule has 5 heteroatoms. The summed E-state index contributed by atoms with van der Waals surface area (Å²) in [4.78, 5) is 13.2. The molecule has 24 heavy (non-hydrogen) atoms. The van der Waals surface area contributed by atoms with Crippen molar-refractivity contribution in [1.82, 2.24) is 10.2 Å². The van der Waals surface area contributed by atoms with Crippen molar-refractivity contribution in [1.29, 1.82) is 0 Å². The molecule has 0 saturated carbocycles. The van der Waals surface area contributed by atoms with Crippen LogP contribution < -0.4 is 5.32 Å². The summed E-state index contributed by atoms with van der Waals surface area (Å²) in [5, 5.41) is 23.7. The molecular formula is C19H32N2O3. The standard InChI is InChI=1S/C19H32N2O3/c1-6-14(2)20-13-17(22)16(12-15-10-8-7-9-11-15)21(18(23)24)19(3,4)5/h7-11,14,16-17,20,22H,6,12-13H2,1-5H3,(H,23,24)/t14?,16-,17+/m0/s1. The number of carbonyl (C=O) groups is 1. The van der Waals surface area contributed by atoms with Crippen molar-refractivity contribution in [3.63, 3.8) is 0 Å². The fraction of sp³-hybridized carbons (Fsp3) is 0.632. The third-order valence-electron chi connectivity index (χ3n) is 4.28. The number of nitrogens with zero attached hydrogens (tertiary/aromatic N) is 1. The molecule has 0 fully saturated rings. The first-order valence-corrected chi connectivity index (χ1v) is 8.64. The molecule has 0 aliphatic rings. The van der Waals surface area contributed by atoms with Crippen molar-refractivity contribution in [3.8, 4) is 0 Å². The summed E-state index contributed by atoms with van der Waals surface area (Å²) in [7, 11) is 0. The second-order valence-corrected chi connectivity index (χ2v) is 7.37. The van der Waals surface area contributed by atoms with Gasteiger partial charge in [0.2, 0.25) is 0 Å². The normalized spacial score (nSPS) is 15.6. The maximum atomic E-state index is 11.9. The number of amides is 1. The van der Waals surface area contributed by atoms with E-state index in [0.29, 0.717) is 13.0 Å². The number of nitrogens with one attached hydrogen (secondary N) is 1. The van der Waals surface area contributed by atoms with E-state index < -0.39 is 23.8 Å². The topological polar surface area (TPSA) is 72.8 Å². The van der Waals surface area contributed by atoms with Crippen LogP contribution in [0.4, 0.5) is 4.79 Å². The van der Waals surface area contributed by atoms with E-state index in [4.69, 9.17) is 0 Å². The van der Waals surface area contributed by atoms with Crippen LogP contribution in [0.25, 0.3) is 0 Å². The number of rotatable bonds is 8. The predicted molar refractivity (Wildman–Crippen MR) is 97.3 cm³/mol. The van der Waals surface area contributed by atoms with Crippen LogP contribution in [-0.2, 0) is 6.42 Å². The zero-order valence-electron chi connectivity index (χ0n) is 15.5. The minimum absolute atomic E-state index is 0.282. The number of aliphatic hydroxyl groups is 1. The van der Waals surface area contributed by atoms with Gasteiger partial charge < -0.3 is 15.5 Å². The van der Waals surface area contributed by atoms with Crippen LogP contribution in [0, 0.1) is 0 Å². The molecule has 0 saturated heterocycles. The van der Waals surface area contributed by atoms with Gasteiger partial charge in [0.15, 0.2) is 0 Å². The van der Waals surface area contributed by atoms with Crippen LogP contribution in [0.15, 0.2) is 30.3 Å². The minimum atomic E-state index is -1.01. The van der Waals surface area contributed by atoms with E-state index in [0.717, 1.165) is 12.0 Å². The van der Waals surface area contributed by atoms with E-state index in [1.165, 1.54) is 4.90 Å². The van der Waals surface area contributed by atoms with E-state index >= 15 is 0 Å². The molecule has 3 N–H and O–H groups in total. The fourth-order valence-corrected chi connectivity index (χ4v) is 2.78. The quantitative estimate of drug-likeness (QED) is 0.682. The molecule has 0 heterocycles. The highest BCUT2D eigenvalue weighted by Crippen LogP contribution is 2.22. The Morgan fingerprint density at radius 1 is 1.25 bits per heavy atom. The third-order valence-corrected chi connectivity index (χ3v) is 4.28. The molecular weight excluding hydrogens is 304 g/mol. The van der Waals surface area contributed by atoms with Gasteiger partial charge in [-0.25, -0.2) is 4.79 Å². The average molecular weight is 336 g/mol. The molecule has 1 amide bonds. The van der Waals surface area contributed by atoms with Crippen molar-refractivity contribution in [3.05, 3.63) is 35.9 Å². The van der Waals surface area contributed by atoms with Gasteiger partial charge in [-0.3, -0.25) is 4.90 Å². The van der Waals surface area contributed by atoms with Crippen LogP contribution in [0.1, 0.15) is 46.6 Å². The first-order valence-electron chi connectivity index (χ1n) is 8.64. The van der Waals surface area contributed by atoms with Gasteiger partial charge in [0, 0.05) is 18.1 Å². The van der Waals surface area contributed by atoms with Gasteiger partial charge in [-0.1, -0.05) is 37.3 Å². The van der Waals surface area contributed by atoms with Gasteiger partial charge in [0.25, 0.3) is 0 Å². The number of aliphatic hydroxyl groups excluding tert-OH is 1. The molecule has 0 aromatic heterocycles. The van der Waals surface area contributed by atoms with Crippen molar-refractivity contribution in [2.45, 2.75) is 71.2 Å². The molecule has 0 aliphatic heterocycles. The molecule has 0 spiro atoms. The lowest BCUT2D eigenvalue weighted by Gasteiger charge is -2.42. The Hall–Kier alpha value is -1.59. The highest BCUT2D eigenvalue weighted by molar-refractivity contribution is 5.66. The fourth-order valence-electron chi connectivity index (χ4n) is 2.78. The Labute approximate surface area is 145 Å². The summed E-state index contributed by atoms with van der Waals surface area (Å²) in [6, 6.07) is 9.48. The van der Waals surface area contributed by atoms with Gasteiger partial charge in [-0.2, -0.15) is 0 Å². The van der Waals surface area contributed by atoms with Gasteiger partial charge in [0.05, 0.1) is 12.1 Å². The second kappa shape index (κ2) is 9.04. The number of hydrogen-bond acceptors (Lipinski definition) is 3. The molecule has 3 atom stereocenters. The Morgan fingerprint density at radius 3 is 2.29 bits per heavy atom. The SMILES string of the molecule is CCC(C)NC[C@@H](O)[C@H](Cc1ccccc1)N(C(=O)O)C(C)(C)C. The van der Waals surface area contributed by atoms with E-state index in [1.807, 2.05) is 51.1 Å². The smallest absolute Gasteiger partial charge is 0.408 e. The molecule has 0 radical (unpaired) electrons. The highest BCUT2D eigenvalue weighted by atomic mass is 16.4. The Kier molecular flexibility index (Phi) is 7.70. The summed E-state index contributed by atoms with van der Waals surface area (Å²) < 4.78 is 0. The van der Waals surface area contributed by atoms with Crippen LogP contribution >= 0.6 is 0 Å². The highest BCUT2D eigenvalue weighted by Gasteiger charge is 2.37. The Morgan fingerprint density at radius 2 is 1.83 bits per heavy atom. The molecule has 0 aliphatic carbocycles. The monoisotopic (exact) mass is 336 g/mol. The van der Waals surface area contributed by atoms with E-state index in [9.17, 15) is 15.0 Å². The summed E-state index contributed by atoms with van der Waals surface area (Å²) in [5.41, 5.74) is 0.420. The predicted octanol–water partition coefficient (Wildman–Crippen LogP) is 3.13. The number of benzene rings is 1. The summed E-state index contributed by atoms with van der Waals surface area (Å²) >= 11 is 0. The maximum Gasteiger partial charge on any atom is 0.408 e. The zero-order chi connectivity index (χ0) is 18.3. The minimum Gasteiger partial charge on any atom is -0.465 e. The van der Waals surface area contributed by atoms with E-state index in [-0.39, 0.29) is 6.04 Å². The molecule has 5 nitrogen and oxygen atoms in total. The Balaban J connectivity index is 3.03. The van der Waals surface area contributed by atoms with E-state index in [1.54, 1.807) is 0 Å². The van der Waals surface area contributed by atoms with Crippen LogP contribution in [0.2, 0.25) is 0 Å². The second-order valence-electron chi connectivity index (χ2n) is 7.37. The Bertz CT molecular complexity index is 499.